The van der Waals surface area contributed by atoms with Gasteiger partial charge in [-0.05, 0) is 49.8 Å². The Morgan fingerprint density at radius 3 is 2.86 bits per heavy atom. The number of hydrogen-bond acceptors (Lipinski definition) is 3. The van der Waals surface area contributed by atoms with E-state index in [2.05, 4.69) is 23.1 Å². The van der Waals surface area contributed by atoms with Crippen molar-refractivity contribution >= 4 is 5.91 Å². The lowest BCUT2D eigenvalue weighted by molar-refractivity contribution is -0.134. The highest BCUT2D eigenvalue weighted by molar-refractivity contribution is 5.78. The highest BCUT2D eigenvalue weighted by Crippen LogP contribution is 2.21. The Bertz CT molecular complexity index is 530. The van der Waals surface area contributed by atoms with Gasteiger partial charge in [-0.3, -0.25) is 9.69 Å². The summed E-state index contributed by atoms with van der Waals surface area (Å²) in [5.41, 5.74) is 2.65. The first-order valence-corrected chi connectivity index (χ1v) is 8.38. The van der Waals surface area contributed by atoms with Crippen LogP contribution in [0.5, 0.6) is 0 Å². The molecule has 1 amide bonds. The molecule has 2 aliphatic heterocycles. The average molecular weight is 302 g/mol. The van der Waals surface area contributed by atoms with Crippen LogP contribution in [0.2, 0.25) is 0 Å². The minimum absolute atomic E-state index is 0.223. The molecule has 2 unspecified atom stereocenters. The molecule has 2 aliphatic rings. The molecule has 0 saturated carbocycles. The van der Waals surface area contributed by atoms with Crippen molar-refractivity contribution in [1.82, 2.24) is 9.80 Å². The monoisotopic (exact) mass is 302 g/mol. The van der Waals surface area contributed by atoms with Gasteiger partial charge in [0, 0.05) is 19.6 Å². The Kier molecular flexibility index (Phi) is 4.79. The summed E-state index contributed by atoms with van der Waals surface area (Å²) in [5.74, 6) is 0.532. The fourth-order valence-corrected chi connectivity index (χ4v) is 3.63. The number of fused-ring (bicyclic) bond motifs is 1. The zero-order valence-corrected chi connectivity index (χ0v) is 13.4. The molecule has 0 aliphatic carbocycles. The smallest absolute Gasteiger partial charge is 0.237 e. The predicted octanol–water partition coefficient (Wildman–Crippen LogP) is 1.66. The van der Waals surface area contributed by atoms with Crippen LogP contribution in [-0.2, 0) is 17.8 Å². The molecule has 0 radical (unpaired) electrons. The zero-order valence-electron chi connectivity index (χ0n) is 13.4. The molecule has 4 nitrogen and oxygen atoms in total. The number of likely N-dealkylation sites (tertiary alicyclic amines) is 1. The van der Waals surface area contributed by atoms with Crippen molar-refractivity contribution in [1.29, 1.82) is 0 Å². The quantitative estimate of drug-likeness (QED) is 0.923. The summed E-state index contributed by atoms with van der Waals surface area (Å²) in [6.07, 6.45) is 2.82. The largest absolute Gasteiger partial charge is 0.393 e. The highest BCUT2D eigenvalue weighted by atomic mass is 16.3. The number of amides is 1. The third-order valence-corrected chi connectivity index (χ3v) is 5.07. The first kappa shape index (κ1) is 15.5. The summed E-state index contributed by atoms with van der Waals surface area (Å²) in [6.45, 7) is 5.72. The van der Waals surface area contributed by atoms with E-state index in [-0.39, 0.29) is 12.0 Å². The van der Waals surface area contributed by atoms with Gasteiger partial charge in [0.2, 0.25) is 5.91 Å². The minimum Gasteiger partial charge on any atom is -0.393 e. The van der Waals surface area contributed by atoms with Crippen LogP contribution in [0.4, 0.5) is 0 Å². The first-order chi connectivity index (χ1) is 10.6. The van der Waals surface area contributed by atoms with Crippen molar-refractivity contribution in [3.8, 4) is 0 Å². The van der Waals surface area contributed by atoms with Gasteiger partial charge in [0.15, 0.2) is 0 Å². The van der Waals surface area contributed by atoms with E-state index in [1.807, 2.05) is 17.9 Å². The van der Waals surface area contributed by atoms with E-state index < -0.39 is 0 Å². The van der Waals surface area contributed by atoms with Crippen molar-refractivity contribution < 1.29 is 9.90 Å². The van der Waals surface area contributed by atoms with Gasteiger partial charge in [-0.1, -0.05) is 24.3 Å². The van der Waals surface area contributed by atoms with Crippen molar-refractivity contribution in [3.63, 3.8) is 0 Å². The topological polar surface area (TPSA) is 43.8 Å². The second-order valence-corrected chi connectivity index (χ2v) is 6.71. The van der Waals surface area contributed by atoms with Crippen LogP contribution < -0.4 is 0 Å². The van der Waals surface area contributed by atoms with Gasteiger partial charge in [0.1, 0.15) is 0 Å². The van der Waals surface area contributed by atoms with Crippen molar-refractivity contribution in [2.24, 2.45) is 5.92 Å². The summed E-state index contributed by atoms with van der Waals surface area (Å²) in [5, 5.41) is 9.76. The number of piperidine rings is 1. The maximum Gasteiger partial charge on any atom is 0.237 e. The van der Waals surface area contributed by atoms with Crippen LogP contribution in [0.15, 0.2) is 24.3 Å². The fourth-order valence-electron chi connectivity index (χ4n) is 3.63. The van der Waals surface area contributed by atoms with Crippen molar-refractivity contribution in [2.45, 2.75) is 38.8 Å². The molecular formula is C18H26N2O2. The van der Waals surface area contributed by atoms with Crippen LogP contribution in [0.25, 0.3) is 0 Å². The number of aliphatic hydroxyl groups is 1. The first-order valence-electron chi connectivity index (χ1n) is 8.38. The fraction of sp³-hybridized carbons (Fsp3) is 0.611. The summed E-state index contributed by atoms with van der Waals surface area (Å²) in [4.78, 5) is 16.8. The molecule has 0 aromatic heterocycles. The third-order valence-electron chi connectivity index (χ3n) is 5.07. The SMILES string of the molecule is CC(O)C1CCCN(CC(=O)N2CCc3ccccc3C2)C1. The summed E-state index contributed by atoms with van der Waals surface area (Å²) in [7, 11) is 0. The zero-order chi connectivity index (χ0) is 15.5. The van der Waals surface area contributed by atoms with E-state index in [1.54, 1.807) is 0 Å². The van der Waals surface area contributed by atoms with Crippen LogP contribution >= 0.6 is 0 Å². The number of benzene rings is 1. The molecule has 4 heteroatoms. The second-order valence-electron chi connectivity index (χ2n) is 6.71. The van der Waals surface area contributed by atoms with E-state index in [0.29, 0.717) is 12.5 Å². The minimum atomic E-state index is -0.278. The van der Waals surface area contributed by atoms with Crippen LogP contribution in [-0.4, -0.2) is 53.1 Å². The molecule has 3 rings (SSSR count). The Labute approximate surface area is 132 Å². The van der Waals surface area contributed by atoms with Gasteiger partial charge in [-0.15, -0.1) is 0 Å². The summed E-state index contributed by atoms with van der Waals surface area (Å²) < 4.78 is 0. The lowest BCUT2D eigenvalue weighted by Crippen LogP contribution is -2.47. The van der Waals surface area contributed by atoms with Crippen LogP contribution in [0.3, 0.4) is 0 Å². The Hall–Kier alpha value is -1.39. The molecule has 1 N–H and O–H groups in total. The third kappa shape index (κ3) is 3.50. The molecule has 1 fully saturated rings. The number of carbonyl (C=O) groups excluding carboxylic acids is 1. The summed E-state index contributed by atoms with van der Waals surface area (Å²) >= 11 is 0. The van der Waals surface area contributed by atoms with Crippen molar-refractivity contribution in [2.75, 3.05) is 26.2 Å². The number of hydrogen-bond donors (Lipinski definition) is 1. The van der Waals surface area contributed by atoms with Gasteiger partial charge >= 0.3 is 0 Å². The molecule has 0 spiro atoms. The Balaban J connectivity index is 1.56. The van der Waals surface area contributed by atoms with Gasteiger partial charge in [0.05, 0.1) is 12.6 Å². The van der Waals surface area contributed by atoms with Crippen molar-refractivity contribution in [3.05, 3.63) is 35.4 Å². The van der Waals surface area contributed by atoms with Gasteiger partial charge in [-0.2, -0.15) is 0 Å². The number of carbonyl (C=O) groups is 1. The van der Waals surface area contributed by atoms with Crippen LogP contribution in [0, 0.1) is 5.92 Å². The molecule has 1 aromatic carbocycles. The lowest BCUT2D eigenvalue weighted by atomic mass is 9.93. The molecular weight excluding hydrogens is 276 g/mol. The van der Waals surface area contributed by atoms with E-state index in [0.717, 1.165) is 45.4 Å². The van der Waals surface area contributed by atoms with E-state index in [4.69, 9.17) is 0 Å². The van der Waals surface area contributed by atoms with E-state index in [9.17, 15) is 9.90 Å². The Morgan fingerprint density at radius 2 is 2.09 bits per heavy atom. The molecule has 2 heterocycles. The molecule has 1 aromatic rings. The molecule has 120 valence electrons. The number of nitrogens with zero attached hydrogens (tertiary/aromatic N) is 2. The second kappa shape index (κ2) is 6.80. The van der Waals surface area contributed by atoms with E-state index >= 15 is 0 Å². The number of rotatable bonds is 3. The average Bonchev–Trinajstić information content (AvgIpc) is 2.54. The molecule has 22 heavy (non-hydrogen) atoms. The normalized spacial score (nSPS) is 23.9. The number of aliphatic hydroxyl groups excluding tert-OH is 1. The summed E-state index contributed by atoms with van der Waals surface area (Å²) in [6, 6.07) is 8.40. The van der Waals surface area contributed by atoms with Gasteiger partial charge < -0.3 is 10.0 Å². The molecule has 1 saturated heterocycles. The highest BCUT2D eigenvalue weighted by Gasteiger charge is 2.27. The van der Waals surface area contributed by atoms with Gasteiger partial charge in [0.25, 0.3) is 0 Å². The maximum atomic E-state index is 12.6. The van der Waals surface area contributed by atoms with E-state index in [1.165, 1.54) is 11.1 Å². The maximum absolute atomic E-state index is 12.6. The van der Waals surface area contributed by atoms with Gasteiger partial charge in [-0.25, -0.2) is 0 Å². The molecule has 0 bridgehead atoms. The standard InChI is InChI=1S/C18H26N2O2/c1-14(21)16-7-4-9-19(11-16)13-18(22)20-10-8-15-5-2-3-6-17(15)12-20/h2-3,5-6,14,16,21H,4,7-13H2,1H3. The Morgan fingerprint density at radius 1 is 1.32 bits per heavy atom. The predicted molar refractivity (Wildman–Crippen MR) is 86.4 cm³/mol. The van der Waals surface area contributed by atoms with Crippen LogP contribution in [0.1, 0.15) is 30.9 Å². The lowest BCUT2D eigenvalue weighted by Gasteiger charge is -2.36. The molecule has 2 atom stereocenters.